The summed E-state index contributed by atoms with van der Waals surface area (Å²) in [6.07, 6.45) is 3.29. The summed E-state index contributed by atoms with van der Waals surface area (Å²) in [7, 11) is 0. The molecule has 0 amide bonds. The predicted molar refractivity (Wildman–Crippen MR) is 71.0 cm³/mol. The molecule has 92 valence electrons. The Hall–Kier alpha value is -1.31. The Morgan fingerprint density at radius 3 is 2.53 bits per heavy atom. The minimum Gasteiger partial charge on any atom is -0.345 e. The Balaban J connectivity index is 2.70. The molecule has 0 bridgehead atoms. The molecule has 1 atom stereocenters. The topological polar surface area (TPSA) is 4.93 Å². The molecule has 0 aliphatic rings. The molecule has 1 aromatic carbocycles. The maximum atomic E-state index is 13.4. The van der Waals surface area contributed by atoms with Gasteiger partial charge in [-0.1, -0.05) is 13.8 Å². The third kappa shape index (κ3) is 2.08. The molecule has 0 saturated heterocycles. The van der Waals surface area contributed by atoms with Crippen molar-refractivity contribution in [1.82, 2.24) is 4.57 Å². The molecular weight excluding hydrogens is 213 g/mol. The van der Waals surface area contributed by atoms with Crippen LogP contribution < -0.4 is 0 Å². The van der Waals surface area contributed by atoms with Gasteiger partial charge in [-0.15, -0.1) is 0 Å². The normalized spacial score (nSPS) is 13.5. The summed E-state index contributed by atoms with van der Waals surface area (Å²) in [6.45, 7) is 8.67. The number of aromatic nitrogens is 1. The predicted octanol–water partition coefficient (Wildman–Crippen LogP) is 4.87. The van der Waals surface area contributed by atoms with Crippen LogP contribution in [0.1, 0.15) is 51.6 Å². The van der Waals surface area contributed by atoms with Gasteiger partial charge in [-0.25, -0.2) is 4.39 Å². The molecule has 0 saturated carbocycles. The van der Waals surface area contributed by atoms with Crippen molar-refractivity contribution in [3.63, 3.8) is 0 Å². The number of hydrogen-bond acceptors (Lipinski definition) is 0. The molecule has 0 aliphatic carbocycles. The molecule has 1 heterocycles. The Morgan fingerprint density at radius 1 is 1.24 bits per heavy atom. The summed E-state index contributed by atoms with van der Waals surface area (Å²) in [5, 5.41) is 1.19. The Kier molecular flexibility index (Phi) is 3.23. The van der Waals surface area contributed by atoms with Gasteiger partial charge in [0, 0.05) is 17.6 Å². The zero-order valence-electron chi connectivity index (χ0n) is 11.0. The lowest BCUT2D eigenvalue weighted by molar-refractivity contribution is 0.608. The second-order valence-electron chi connectivity index (χ2n) is 5.06. The molecule has 1 unspecified atom stereocenters. The van der Waals surface area contributed by atoms with E-state index in [1.165, 1.54) is 10.9 Å². The first-order valence-electron chi connectivity index (χ1n) is 6.34. The molecule has 1 nitrogen and oxygen atoms in total. The minimum absolute atomic E-state index is 0.159. The van der Waals surface area contributed by atoms with Crippen LogP contribution in [0.3, 0.4) is 0 Å². The van der Waals surface area contributed by atoms with Gasteiger partial charge in [0.15, 0.2) is 0 Å². The van der Waals surface area contributed by atoms with E-state index in [1.54, 1.807) is 12.1 Å². The van der Waals surface area contributed by atoms with E-state index in [2.05, 4.69) is 38.5 Å². The third-order valence-corrected chi connectivity index (χ3v) is 3.53. The average Bonchev–Trinajstić information content (AvgIpc) is 2.66. The third-order valence-electron chi connectivity index (χ3n) is 3.53. The zero-order chi connectivity index (χ0) is 12.6. The Morgan fingerprint density at radius 2 is 1.94 bits per heavy atom. The van der Waals surface area contributed by atoms with Crippen molar-refractivity contribution in [2.24, 2.45) is 0 Å². The summed E-state index contributed by atoms with van der Waals surface area (Å²) >= 11 is 0. The van der Waals surface area contributed by atoms with Crippen molar-refractivity contribution < 1.29 is 4.39 Å². The highest BCUT2D eigenvalue weighted by atomic mass is 19.1. The van der Waals surface area contributed by atoms with Crippen LogP contribution in [-0.4, -0.2) is 4.57 Å². The van der Waals surface area contributed by atoms with Crippen molar-refractivity contribution in [2.75, 3.05) is 0 Å². The lowest BCUT2D eigenvalue weighted by Gasteiger charge is -2.09. The molecule has 0 spiro atoms. The quantitative estimate of drug-likeness (QED) is 0.712. The van der Waals surface area contributed by atoms with Gasteiger partial charge >= 0.3 is 0 Å². The number of halogens is 1. The SMILES string of the molecule is CCC(C)c1cn(C(C)C)c2cc(F)ccc12. The van der Waals surface area contributed by atoms with E-state index in [0.29, 0.717) is 12.0 Å². The Labute approximate surface area is 102 Å². The van der Waals surface area contributed by atoms with Crippen LogP contribution in [0, 0.1) is 5.82 Å². The smallest absolute Gasteiger partial charge is 0.125 e. The molecule has 1 aromatic heterocycles. The van der Waals surface area contributed by atoms with Gasteiger partial charge < -0.3 is 4.57 Å². The first-order chi connectivity index (χ1) is 8.04. The van der Waals surface area contributed by atoms with Gasteiger partial charge in [0.25, 0.3) is 0 Å². The first kappa shape index (κ1) is 12.2. The van der Waals surface area contributed by atoms with Crippen molar-refractivity contribution in [1.29, 1.82) is 0 Å². The lowest BCUT2D eigenvalue weighted by Crippen LogP contribution is -1.98. The number of rotatable bonds is 3. The van der Waals surface area contributed by atoms with Crippen molar-refractivity contribution >= 4 is 10.9 Å². The molecule has 0 N–H and O–H groups in total. The summed E-state index contributed by atoms with van der Waals surface area (Å²) < 4.78 is 15.5. The van der Waals surface area contributed by atoms with E-state index in [0.717, 1.165) is 11.9 Å². The monoisotopic (exact) mass is 233 g/mol. The second-order valence-corrected chi connectivity index (χ2v) is 5.06. The molecule has 2 rings (SSSR count). The lowest BCUT2D eigenvalue weighted by atomic mass is 9.98. The summed E-state index contributed by atoms with van der Waals surface area (Å²) in [5.74, 6) is 0.358. The highest BCUT2D eigenvalue weighted by Crippen LogP contribution is 2.31. The number of benzene rings is 1. The minimum atomic E-state index is -0.159. The van der Waals surface area contributed by atoms with Gasteiger partial charge in [-0.3, -0.25) is 0 Å². The maximum Gasteiger partial charge on any atom is 0.125 e. The summed E-state index contributed by atoms with van der Waals surface area (Å²) in [4.78, 5) is 0. The average molecular weight is 233 g/mol. The van der Waals surface area contributed by atoms with E-state index >= 15 is 0 Å². The first-order valence-corrected chi connectivity index (χ1v) is 6.34. The molecule has 2 heteroatoms. The second kappa shape index (κ2) is 4.52. The summed E-state index contributed by atoms with van der Waals surface area (Å²) in [6, 6.07) is 5.46. The molecule has 0 aliphatic heterocycles. The standard InChI is InChI=1S/C15H20FN/c1-5-11(4)14-9-17(10(2)3)15-8-12(16)6-7-13(14)15/h6-11H,5H2,1-4H3. The summed E-state index contributed by atoms with van der Waals surface area (Å²) in [5.41, 5.74) is 2.34. The van der Waals surface area contributed by atoms with Gasteiger partial charge in [-0.2, -0.15) is 0 Å². The van der Waals surface area contributed by atoms with E-state index in [4.69, 9.17) is 0 Å². The molecule has 17 heavy (non-hydrogen) atoms. The van der Waals surface area contributed by atoms with Crippen molar-refractivity contribution in [2.45, 2.75) is 46.1 Å². The molecule has 0 radical (unpaired) electrons. The van der Waals surface area contributed by atoms with Crippen LogP contribution in [0.4, 0.5) is 4.39 Å². The number of nitrogens with zero attached hydrogens (tertiary/aromatic N) is 1. The van der Waals surface area contributed by atoms with E-state index < -0.39 is 0 Å². The number of fused-ring (bicyclic) bond motifs is 1. The van der Waals surface area contributed by atoms with Crippen LogP contribution in [0.15, 0.2) is 24.4 Å². The van der Waals surface area contributed by atoms with Gasteiger partial charge in [0.1, 0.15) is 5.82 Å². The highest BCUT2D eigenvalue weighted by Gasteiger charge is 2.14. The Bertz CT molecular complexity index is 525. The number of hydrogen-bond donors (Lipinski definition) is 0. The maximum absolute atomic E-state index is 13.4. The van der Waals surface area contributed by atoms with Gasteiger partial charge in [-0.05, 0) is 49.9 Å². The van der Waals surface area contributed by atoms with E-state index in [9.17, 15) is 4.39 Å². The molecular formula is C15H20FN. The van der Waals surface area contributed by atoms with Crippen molar-refractivity contribution in [3.05, 3.63) is 35.8 Å². The van der Waals surface area contributed by atoms with Crippen LogP contribution >= 0.6 is 0 Å². The van der Waals surface area contributed by atoms with Crippen LogP contribution in [-0.2, 0) is 0 Å². The van der Waals surface area contributed by atoms with Crippen molar-refractivity contribution in [3.8, 4) is 0 Å². The van der Waals surface area contributed by atoms with Crippen LogP contribution in [0.25, 0.3) is 10.9 Å². The fraction of sp³-hybridized carbons (Fsp3) is 0.467. The van der Waals surface area contributed by atoms with E-state index in [-0.39, 0.29) is 5.82 Å². The fourth-order valence-electron chi connectivity index (χ4n) is 2.29. The fourth-order valence-corrected chi connectivity index (χ4v) is 2.29. The molecule has 0 fully saturated rings. The van der Waals surface area contributed by atoms with Gasteiger partial charge in [0.2, 0.25) is 0 Å². The van der Waals surface area contributed by atoms with Crippen LogP contribution in [0.5, 0.6) is 0 Å². The van der Waals surface area contributed by atoms with Gasteiger partial charge in [0.05, 0.1) is 5.52 Å². The van der Waals surface area contributed by atoms with Crippen LogP contribution in [0.2, 0.25) is 0 Å². The molecule has 2 aromatic rings. The largest absolute Gasteiger partial charge is 0.345 e. The van der Waals surface area contributed by atoms with E-state index in [1.807, 2.05) is 6.07 Å². The highest BCUT2D eigenvalue weighted by molar-refractivity contribution is 5.84. The zero-order valence-corrected chi connectivity index (χ0v) is 11.0.